The van der Waals surface area contributed by atoms with Crippen molar-refractivity contribution in [3.05, 3.63) is 24.3 Å². The second-order valence-electron chi connectivity index (χ2n) is 4.06. The quantitative estimate of drug-likeness (QED) is 0.314. The minimum Gasteiger partial charge on any atom is -0.378 e. The van der Waals surface area contributed by atoms with E-state index in [4.69, 9.17) is 14.3 Å². The summed E-state index contributed by atoms with van der Waals surface area (Å²) >= 11 is 2.05. The summed E-state index contributed by atoms with van der Waals surface area (Å²) in [5, 5.41) is 1.27. The Morgan fingerprint density at radius 1 is 1.24 bits per heavy atom. The van der Waals surface area contributed by atoms with Gasteiger partial charge in [0.15, 0.2) is 0 Å². The Hall–Kier alpha value is -1.14. The largest absolute Gasteiger partial charge is 0.378 e. The minimum atomic E-state index is -0.491. The number of hydrogen-bond donors (Lipinski definition) is 3. The fourth-order valence-corrected chi connectivity index (χ4v) is 1.83. The van der Waals surface area contributed by atoms with Crippen LogP contribution in [0.25, 0.3) is 0 Å². The first-order valence-electron chi connectivity index (χ1n) is 6.42. The van der Waals surface area contributed by atoms with Crippen LogP contribution in [0.4, 0.5) is 11.4 Å². The summed E-state index contributed by atoms with van der Waals surface area (Å²) in [5.74, 6) is -0.491. The summed E-state index contributed by atoms with van der Waals surface area (Å²) in [6, 6.07) is 7.43. The highest BCUT2D eigenvalue weighted by molar-refractivity contribution is 14.1. The van der Waals surface area contributed by atoms with Gasteiger partial charge in [-0.25, -0.2) is 4.79 Å². The molecule has 0 saturated carbocycles. The molecule has 0 amide bonds. The Balaban J connectivity index is 1.60. The van der Waals surface area contributed by atoms with Gasteiger partial charge in [0.05, 0.1) is 25.5 Å². The standard InChI is InChI=1S/C12H17IN4O4/c13-14-5-6-19-7-8-20-9-12(18)21-17-11-4-2-1-3-10(11)15-16-17/h1-4,14-16H,5-9H2. The van der Waals surface area contributed by atoms with Gasteiger partial charge in [-0.1, -0.05) is 12.1 Å². The van der Waals surface area contributed by atoms with Crippen molar-refractivity contribution in [1.29, 1.82) is 0 Å². The second kappa shape index (κ2) is 9.00. The molecule has 1 aliphatic rings. The Bertz CT molecular complexity index is 463. The van der Waals surface area contributed by atoms with Gasteiger partial charge in [-0.15, -0.1) is 10.7 Å². The average molecular weight is 408 g/mol. The maximum atomic E-state index is 11.6. The molecule has 116 valence electrons. The molecule has 3 N–H and O–H groups in total. The highest BCUT2D eigenvalue weighted by atomic mass is 127. The lowest BCUT2D eigenvalue weighted by atomic mass is 10.3. The fourth-order valence-electron chi connectivity index (χ4n) is 1.61. The van der Waals surface area contributed by atoms with Gasteiger partial charge in [0.25, 0.3) is 0 Å². The molecule has 0 unspecified atom stereocenters. The van der Waals surface area contributed by atoms with E-state index < -0.39 is 5.97 Å². The third-order valence-electron chi connectivity index (χ3n) is 2.54. The van der Waals surface area contributed by atoms with E-state index in [0.29, 0.717) is 19.8 Å². The van der Waals surface area contributed by atoms with Gasteiger partial charge in [-0.05, 0) is 12.1 Å². The van der Waals surface area contributed by atoms with E-state index in [2.05, 4.69) is 14.5 Å². The van der Waals surface area contributed by atoms with Crippen molar-refractivity contribution in [2.75, 3.05) is 43.6 Å². The van der Waals surface area contributed by atoms with Crippen LogP contribution >= 0.6 is 22.9 Å². The number of carbonyl (C=O) groups is 1. The van der Waals surface area contributed by atoms with Gasteiger partial charge >= 0.3 is 5.97 Å². The molecule has 8 nitrogen and oxygen atoms in total. The van der Waals surface area contributed by atoms with E-state index in [1.165, 1.54) is 5.17 Å². The third-order valence-corrected chi connectivity index (χ3v) is 3.08. The van der Waals surface area contributed by atoms with Gasteiger partial charge < -0.3 is 14.3 Å². The molecule has 0 fully saturated rings. The maximum Gasteiger partial charge on any atom is 0.359 e. The van der Waals surface area contributed by atoms with Gasteiger partial charge in [-0.2, -0.15) is 0 Å². The molecule has 2 rings (SSSR count). The Morgan fingerprint density at radius 2 is 2.05 bits per heavy atom. The zero-order valence-corrected chi connectivity index (χ0v) is 13.5. The molecule has 0 aliphatic carbocycles. The predicted octanol–water partition coefficient (Wildman–Crippen LogP) is 0.769. The third kappa shape index (κ3) is 5.28. The van der Waals surface area contributed by atoms with Gasteiger partial charge in [0.2, 0.25) is 0 Å². The van der Waals surface area contributed by atoms with Crippen LogP contribution in [-0.2, 0) is 19.1 Å². The summed E-state index contributed by atoms with van der Waals surface area (Å²) in [7, 11) is 0. The van der Waals surface area contributed by atoms with E-state index in [0.717, 1.165) is 17.9 Å². The molecule has 0 spiro atoms. The first kappa shape index (κ1) is 16.2. The number of para-hydroxylation sites is 2. The zero-order chi connectivity index (χ0) is 14.9. The number of carbonyl (C=O) groups excluding carboxylic acids is 1. The van der Waals surface area contributed by atoms with Crippen LogP contribution in [-0.4, -0.2) is 38.9 Å². The van der Waals surface area contributed by atoms with Crippen LogP contribution in [0.3, 0.4) is 0 Å². The molecule has 1 aliphatic heterocycles. The topological polar surface area (TPSA) is 84.1 Å². The van der Waals surface area contributed by atoms with E-state index in [1.807, 2.05) is 47.1 Å². The molecular formula is C12H17IN4O4. The van der Waals surface area contributed by atoms with Crippen molar-refractivity contribution in [2.24, 2.45) is 0 Å². The molecule has 0 radical (unpaired) electrons. The zero-order valence-electron chi connectivity index (χ0n) is 11.3. The SMILES string of the molecule is O=C(COCCOCCNI)ON1NNc2ccccc21. The molecule has 0 bridgehead atoms. The fraction of sp³-hybridized carbons (Fsp3) is 0.417. The van der Waals surface area contributed by atoms with Crippen molar-refractivity contribution in [1.82, 2.24) is 9.06 Å². The Morgan fingerprint density at radius 3 is 2.90 bits per heavy atom. The Labute approximate surface area is 136 Å². The minimum absolute atomic E-state index is 0.131. The predicted molar refractivity (Wildman–Crippen MR) is 85.4 cm³/mol. The van der Waals surface area contributed by atoms with Crippen molar-refractivity contribution in [3.8, 4) is 0 Å². The number of hydrazine groups is 2. The molecule has 21 heavy (non-hydrogen) atoms. The number of nitrogens with one attached hydrogen (secondary N) is 3. The lowest BCUT2D eigenvalue weighted by Gasteiger charge is -2.16. The molecule has 0 aromatic heterocycles. The molecule has 1 aromatic rings. The number of halogens is 1. The van der Waals surface area contributed by atoms with E-state index >= 15 is 0 Å². The molecule has 0 atom stereocenters. The van der Waals surface area contributed by atoms with Gasteiger partial charge in [0, 0.05) is 29.4 Å². The first-order chi connectivity index (χ1) is 10.3. The number of rotatable bonds is 9. The number of anilines is 2. The summed E-state index contributed by atoms with van der Waals surface area (Å²) in [4.78, 5) is 16.8. The van der Waals surface area contributed by atoms with Crippen molar-refractivity contribution < 1.29 is 19.1 Å². The first-order valence-corrected chi connectivity index (χ1v) is 7.49. The summed E-state index contributed by atoms with van der Waals surface area (Å²) in [6.07, 6.45) is 0. The van der Waals surface area contributed by atoms with Crippen LogP contribution in [0.2, 0.25) is 0 Å². The molecule has 1 heterocycles. The van der Waals surface area contributed by atoms with Crippen molar-refractivity contribution in [3.63, 3.8) is 0 Å². The molecule has 0 saturated heterocycles. The van der Waals surface area contributed by atoms with E-state index in [9.17, 15) is 4.79 Å². The average Bonchev–Trinajstić information content (AvgIpc) is 2.90. The monoisotopic (exact) mass is 408 g/mol. The maximum absolute atomic E-state index is 11.6. The number of benzene rings is 1. The smallest absolute Gasteiger partial charge is 0.359 e. The summed E-state index contributed by atoms with van der Waals surface area (Å²) in [6.45, 7) is 2.04. The molecule has 9 heteroatoms. The van der Waals surface area contributed by atoms with E-state index in [-0.39, 0.29) is 6.61 Å². The van der Waals surface area contributed by atoms with Crippen LogP contribution in [0.1, 0.15) is 0 Å². The molecule has 1 aromatic carbocycles. The Kier molecular flexibility index (Phi) is 6.95. The van der Waals surface area contributed by atoms with E-state index in [1.54, 1.807) is 0 Å². The van der Waals surface area contributed by atoms with Crippen LogP contribution in [0, 0.1) is 0 Å². The van der Waals surface area contributed by atoms with Gasteiger partial charge in [0.1, 0.15) is 12.3 Å². The van der Waals surface area contributed by atoms with Crippen LogP contribution in [0.15, 0.2) is 24.3 Å². The number of hydrogen-bond acceptors (Lipinski definition) is 8. The highest BCUT2D eigenvalue weighted by Crippen LogP contribution is 2.27. The van der Waals surface area contributed by atoms with Gasteiger partial charge in [-0.3, -0.25) is 8.96 Å². The number of ether oxygens (including phenoxy) is 2. The summed E-state index contributed by atoms with van der Waals surface area (Å²) in [5.41, 5.74) is 7.19. The van der Waals surface area contributed by atoms with Crippen LogP contribution in [0.5, 0.6) is 0 Å². The summed E-state index contributed by atoms with van der Waals surface area (Å²) < 4.78 is 13.4. The van der Waals surface area contributed by atoms with Crippen molar-refractivity contribution in [2.45, 2.75) is 0 Å². The number of fused-ring (bicyclic) bond motifs is 1. The lowest BCUT2D eigenvalue weighted by molar-refractivity contribution is -0.152. The van der Waals surface area contributed by atoms with Crippen LogP contribution < -0.4 is 19.7 Å². The second-order valence-corrected chi connectivity index (χ2v) is 4.82. The lowest BCUT2D eigenvalue weighted by Crippen LogP contribution is -2.39. The molecular weight excluding hydrogens is 391 g/mol. The number of nitrogens with zero attached hydrogens (tertiary/aromatic N) is 1. The highest BCUT2D eigenvalue weighted by Gasteiger charge is 2.21. The van der Waals surface area contributed by atoms with Crippen molar-refractivity contribution >= 4 is 40.2 Å². The normalized spacial score (nSPS) is 12.9.